The molecule has 84 valence electrons. The predicted octanol–water partition coefficient (Wildman–Crippen LogP) is 2.54. The first-order valence-electron chi connectivity index (χ1n) is 4.92. The summed E-state index contributed by atoms with van der Waals surface area (Å²) in [5.74, 6) is 1.15. The lowest BCUT2D eigenvalue weighted by atomic mass is 10.3. The van der Waals surface area contributed by atoms with Gasteiger partial charge in [0.2, 0.25) is 0 Å². The third kappa shape index (κ3) is 4.06. The molecular weight excluding hydrogens is 214 g/mol. The second-order valence-electron chi connectivity index (χ2n) is 3.23. The number of alkyl halides is 1. The predicted molar refractivity (Wildman–Crippen MR) is 60.5 cm³/mol. The van der Waals surface area contributed by atoms with Crippen molar-refractivity contribution in [2.24, 2.45) is 0 Å². The van der Waals surface area contributed by atoms with E-state index >= 15 is 0 Å². The second-order valence-corrected chi connectivity index (χ2v) is 3.49. The monoisotopic (exact) mass is 229 g/mol. The zero-order valence-corrected chi connectivity index (χ0v) is 9.88. The number of halogens is 1. The topological polar surface area (TPSA) is 31.4 Å². The largest absolute Gasteiger partial charge is 0.492 e. The fourth-order valence-electron chi connectivity index (χ4n) is 1.21. The maximum Gasteiger partial charge on any atom is 0.142 e. The molecule has 0 spiro atoms. The number of nitrogens with zero attached hydrogens (tertiary/aromatic N) is 1. The highest BCUT2D eigenvalue weighted by molar-refractivity contribution is 6.17. The van der Waals surface area contributed by atoms with Crippen LogP contribution in [0.1, 0.15) is 17.8 Å². The normalized spacial score (nSPS) is 10.3. The van der Waals surface area contributed by atoms with Crippen molar-refractivity contribution in [2.75, 3.05) is 20.3 Å². The van der Waals surface area contributed by atoms with E-state index in [1.807, 2.05) is 19.1 Å². The lowest BCUT2D eigenvalue weighted by Crippen LogP contribution is -2.04. The summed E-state index contributed by atoms with van der Waals surface area (Å²) in [6, 6.07) is 3.83. The fraction of sp³-hybridized carbons (Fsp3) is 0.545. The summed E-state index contributed by atoms with van der Waals surface area (Å²) in [6.07, 6.45) is 0.867. The smallest absolute Gasteiger partial charge is 0.142 e. The van der Waals surface area contributed by atoms with E-state index in [1.54, 1.807) is 7.11 Å². The van der Waals surface area contributed by atoms with Gasteiger partial charge in [0.05, 0.1) is 18.2 Å². The standard InChI is InChI=1S/C11H16ClNO2/c1-9-4-5-11(10(8-12)13-9)15-7-3-6-14-2/h4-5H,3,6-8H2,1-2H3. The number of aromatic nitrogens is 1. The average Bonchev–Trinajstić information content (AvgIpc) is 2.26. The van der Waals surface area contributed by atoms with Gasteiger partial charge >= 0.3 is 0 Å². The molecule has 0 atom stereocenters. The Balaban J connectivity index is 2.52. The molecule has 1 rings (SSSR count). The molecule has 4 heteroatoms. The third-order valence-electron chi connectivity index (χ3n) is 1.95. The van der Waals surface area contributed by atoms with Gasteiger partial charge in [-0.2, -0.15) is 0 Å². The molecule has 0 radical (unpaired) electrons. The molecule has 0 aliphatic carbocycles. The van der Waals surface area contributed by atoms with Gasteiger partial charge in [-0.1, -0.05) is 0 Å². The lowest BCUT2D eigenvalue weighted by molar-refractivity contribution is 0.171. The number of hydrogen-bond acceptors (Lipinski definition) is 3. The molecular formula is C11H16ClNO2. The molecule has 15 heavy (non-hydrogen) atoms. The van der Waals surface area contributed by atoms with Crippen molar-refractivity contribution in [1.29, 1.82) is 0 Å². The van der Waals surface area contributed by atoms with Gasteiger partial charge in [0.15, 0.2) is 0 Å². The highest BCUT2D eigenvalue weighted by Crippen LogP contribution is 2.18. The van der Waals surface area contributed by atoms with E-state index in [0.717, 1.165) is 23.6 Å². The molecule has 1 aromatic rings. The van der Waals surface area contributed by atoms with Crippen LogP contribution in [0.3, 0.4) is 0 Å². The lowest BCUT2D eigenvalue weighted by Gasteiger charge is -2.09. The Morgan fingerprint density at radius 2 is 2.13 bits per heavy atom. The first-order valence-corrected chi connectivity index (χ1v) is 5.45. The Kier molecular flexibility index (Phi) is 5.43. The molecule has 3 nitrogen and oxygen atoms in total. The molecule has 1 heterocycles. The van der Waals surface area contributed by atoms with Gasteiger partial charge in [-0.05, 0) is 19.1 Å². The summed E-state index contributed by atoms with van der Waals surface area (Å²) < 4.78 is 10.5. The van der Waals surface area contributed by atoms with Crippen LogP contribution in [0.25, 0.3) is 0 Å². The van der Waals surface area contributed by atoms with Crippen LogP contribution in [0.5, 0.6) is 5.75 Å². The maximum atomic E-state index is 5.78. The van der Waals surface area contributed by atoms with Gasteiger partial charge in [-0.3, -0.25) is 4.98 Å². The Hall–Kier alpha value is -0.800. The van der Waals surface area contributed by atoms with Gasteiger partial charge in [0.1, 0.15) is 5.75 Å². The van der Waals surface area contributed by atoms with Crippen LogP contribution in [0.4, 0.5) is 0 Å². The summed E-state index contributed by atoms with van der Waals surface area (Å²) in [6.45, 7) is 3.27. The first-order chi connectivity index (χ1) is 7.27. The van der Waals surface area contributed by atoms with Gasteiger partial charge in [0.25, 0.3) is 0 Å². The minimum atomic E-state index is 0.376. The zero-order chi connectivity index (χ0) is 11.1. The Bertz CT molecular complexity index is 305. The van der Waals surface area contributed by atoms with Crippen molar-refractivity contribution in [3.8, 4) is 5.75 Å². The number of methoxy groups -OCH3 is 1. The van der Waals surface area contributed by atoms with Gasteiger partial charge in [0, 0.05) is 25.8 Å². The van der Waals surface area contributed by atoms with Gasteiger partial charge in [-0.15, -0.1) is 11.6 Å². The Morgan fingerprint density at radius 1 is 1.33 bits per heavy atom. The molecule has 0 saturated heterocycles. The van der Waals surface area contributed by atoms with E-state index in [9.17, 15) is 0 Å². The molecule has 0 aliphatic heterocycles. The van der Waals surface area contributed by atoms with Crippen molar-refractivity contribution < 1.29 is 9.47 Å². The van der Waals surface area contributed by atoms with E-state index in [0.29, 0.717) is 19.1 Å². The van der Waals surface area contributed by atoms with Crippen molar-refractivity contribution in [3.63, 3.8) is 0 Å². The van der Waals surface area contributed by atoms with Crippen LogP contribution in [0.15, 0.2) is 12.1 Å². The van der Waals surface area contributed by atoms with Crippen LogP contribution >= 0.6 is 11.6 Å². The molecule has 1 aromatic heterocycles. The van der Waals surface area contributed by atoms with Crippen LogP contribution < -0.4 is 4.74 Å². The van der Waals surface area contributed by atoms with E-state index in [1.165, 1.54) is 0 Å². The SMILES string of the molecule is COCCCOc1ccc(C)nc1CCl. The third-order valence-corrected chi connectivity index (χ3v) is 2.20. The quantitative estimate of drug-likeness (QED) is 0.555. The number of pyridine rings is 1. The molecule has 0 fully saturated rings. The van der Waals surface area contributed by atoms with E-state index in [-0.39, 0.29) is 0 Å². The Morgan fingerprint density at radius 3 is 2.80 bits per heavy atom. The molecule has 0 aliphatic rings. The molecule has 0 N–H and O–H groups in total. The summed E-state index contributed by atoms with van der Waals surface area (Å²) in [7, 11) is 1.68. The summed E-state index contributed by atoms with van der Waals surface area (Å²) in [5, 5.41) is 0. The van der Waals surface area contributed by atoms with E-state index in [2.05, 4.69) is 4.98 Å². The molecule has 0 amide bonds. The number of hydrogen-bond donors (Lipinski definition) is 0. The molecule has 0 bridgehead atoms. The number of ether oxygens (including phenoxy) is 2. The number of aryl methyl sites for hydroxylation is 1. The molecule has 0 aromatic carbocycles. The van der Waals surface area contributed by atoms with Crippen molar-refractivity contribution in [1.82, 2.24) is 4.98 Å². The fourth-order valence-corrected chi connectivity index (χ4v) is 1.40. The van der Waals surface area contributed by atoms with E-state index in [4.69, 9.17) is 21.1 Å². The van der Waals surface area contributed by atoms with Crippen LogP contribution in [0, 0.1) is 6.92 Å². The van der Waals surface area contributed by atoms with Crippen molar-refractivity contribution >= 4 is 11.6 Å². The van der Waals surface area contributed by atoms with Gasteiger partial charge < -0.3 is 9.47 Å². The highest BCUT2D eigenvalue weighted by Gasteiger charge is 2.04. The summed E-state index contributed by atoms with van der Waals surface area (Å²) in [5.41, 5.74) is 1.75. The van der Waals surface area contributed by atoms with Gasteiger partial charge in [-0.25, -0.2) is 0 Å². The Labute approximate surface area is 95.4 Å². The minimum Gasteiger partial charge on any atom is -0.492 e. The molecule has 0 unspecified atom stereocenters. The average molecular weight is 230 g/mol. The van der Waals surface area contributed by atoms with E-state index < -0.39 is 0 Å². The van der Waals surface area contributed by atoms with Crippen LogP contribution in [0.2, 0.25) is 0 Å². The summed E-state index contributed by atoms with van der Waals surface area (Å²) in [4.78, 5) is 4.30. The first kappa shape index (κ1) is 12.3. The van der Waals surface area contributed by atoms with Crippen LogP contribution in [-0.4, -0.2) is 25.3 Å². The summed E-state index contributed by atoms with van der Waals surface area (Å²) >= 11 is 5.78. The van der Waals surface area contributed by atoms with Crippen LogP contribution in [-0.2, 0) is 10.6 Å². The minimum absolute atomic E-state index is 0.376. The number of rotatable bonds is 6. The molecule has 0 saturated carbocycles. The highest BCUT2D eigenvalue weighted by atomic mass is 35.5. The zero-order valence-electron chi connectivity index (χ0n) is 9.12. The van der Waals surface area contributed by atoms with Crippen molar-refractivity contribution in [2.45, 2.75) is 19.2 Å². The second kappa shape index (κ2) is 6.64. The van der Waals surface area contributed by atoms with Crippen molar-refractivity contribution in [3.05, 3.63) is 23.5 Å². The maximum absolute atomic E-state index is 5.78.